The summed E-state index contributed by atoms with van der Waals surface area (Å²) in [6.07, 6.45) is 0.202. The molecule has 1 N–H and O–H groups in total. The van der Waals surface area contributed by atoms with Crippen molar-refractivity contribution < 1.29 is 13.9 Å². The third-order valence-electron chi connectivity index (χ3n) is 5.06. The average molecular weight is 464 g/mol. The highest BCUT2D eigenvalue weighted by molar-refractivity contribution is 6.31. The summed E-state index contributed by atoms with van der Waals surface area (Å²) < 4.78 is 20.8. The highest BCUT2D eigenvalue weighted by Gasteiger charge is 2.15. The van der Waals surface area contributed by atoms with Crippen molar-refractivity contribution in [2.24, 2.45) is 0 Å². The molecule has 8 heteroatoms. The van der Waals surface area contributed by atoms with Gasteiger partial charge in [0.15, 0.2) is 0 Å². The molecule has 31 heavy (non-hydrogen) atoms. The summed E-state index contributed by atoms with van der Waals surface area (Å²) in [4.78, 5) is 12.4. The first-order chi connectivity index (χ1) is 14.7. The Morgan fingerprint density at radius 1 is 1.13 bits per heavy atom. The molecular weight excluding hydrogens is 440 g/mol. The van der Waals surface area contributed by atoms with E-state index in [2.05, 4.69) is 10.4 Å². The molecule has 1 amide bonds. The quantitative estimate of drug-likeness (QED) is 0.499. The van der Waals surface area contributed by atoms with Crippen molar-refractivity contribution in [2.75, 3.05) is 6.61 Å². The molecule has 164 valence electrons. The van der Waals surface area contributed by atoms with Crippen LogP contribution in [-0.2, 0) is 24.3 Å². The van der Waals surface area contributed by atoms with Crippen LogP contribution in [0.5, 0.6) is 5.75 Å². The number of aromatic nitrogens is 2. The number of carbonyl (C=O) groups is 1. The molecule has 0 bridgehead atoms. The normalized spacial score (nSPS) is 10.9. The summed E-state index contributed by atoms with van der Waals surface area (Å²) in [5.74, 6) is 0.190. The van der Waals surface area contributed by atoms with Crippen molar-refractivity contribution in [1.29, 1.82) is 0 Å². The van der Waals surface area contributed by atoms with Gasteiger partial charge in [-0.15, -0.1) is 0 Å². The second kappa shape index (κ2) is 10.2. The first-order valence-corrected chi connectivity index (χ1v) is 10.6. The van der Waals surface area contributed by atoms with E-state index >= 15 is 0 Å². The number of halogens is 3. The Bertz CT molecular complexity index is 1100. The van der Waals surface area contributed by atoms with Crippen LogP contribution in [0.4, 0.5) is 4.39 Å². The van der Waals surface area contributed by atoms with Gasteiger partial charge in [-0.3, -0.25) is 9.48 Å². The molecule has 0 aliphatic rings. The van der Waals surface area contributed by atoms with Gasteiger partial charge in [-0.25, -0.2) is 4.39 Å². The molecule has 0 aliphatic carbocycles. The van der Waals surface area contributed by atoms with Crippen LogP contribution in [0.2, 0.25) is 10.0 Å². The predicted octanol–water partition coefficient (Wildman–Crippen LogP) is 5.19. The van der Waals surface area contributed by atoms with Gasteiger partial charge < -0.3 is 10.1 Å². The molecule has 0 aliphatic heterocycles. The molecular formula is C23H24Cl2FN3O2. The minimum atomic E-state index is -0.408. The van der Waals surface area contributed by atoms with E-state index in [1.54, 1.807) is 6.07 Å². The van der Waals surface area contributed by atoms with Gasteiger partial charge in [0.05, 0.1) is 18.7 Å². The summed E-state index contributed by atoms with van der Waals surface area (Å²) in [6, 6.07) is 9.65. The summed E-state index contributed by atoms with van der Waals surface area (Å²) in [5.41, 5.74) is 4.22. The first-order valence-electron chi connectivity index (χ1n) is 9.87. The number of aryl methyl sites for hydroxylation is 2. The van der Waals surface area contributed by atoms with Crippen LogP contribution < -0.4 is 10.1 Å². The van der Waals surface area contributed by atoms with E-state index in [1.807, 2.05) is 43.7 Å². The van der Waals surface area contributed by atoms with E-state index in [4.69, 9.17) is 27.9 Å². The van der Waals surface area contributed by atoms with E-state index in [0.717, 1.165) is 28.3 Å². The second-order valence-electron chi connectivity index (χ2n) is 7.32. The lowest BCUT2D eigenvalue weighted by Gasteiger charge is -2.10. The monoisotopic (exact) mass is 463 g/mol. The van der Waals surface area contributed by atoms with Gasteiger partial charge in [0.1, 0.15) is 18.2 Å². The van der Waals surface area contributed by atoms with Gasteiger partial charge in [0.2, 0.25) is 5.91 Å². The van der Waals surface area contributed by atoms with Gasteiger partial charge >= 0.3 is 0 Å². The SMILES string of the molecule is Cc1cc(OCCn2nc(C)c(CC(=O)NCc3ccc(F)cc3Cl)c2C)ccc1Cl. The Labute approximate surface area is 191 Å². The molecule has 0 saturated carbocycles. The van der Waals surface area contributed by atoms with Gasteiger partial charge in [-0.2, -0.15) is 5.10 Å². The van der Waals surface area contributed by atoms with E-state index in [1.165, 1.54) is 12.1 Å². The van der Waals surface area contributed by atoms with Crippen LogP contribution in [-0.4, -0.2) is 22.3 Å². The van der Waals surface area contributed by atoms with Gasteiger partial charge in [-0.1, -0.05) is 29.3 Å². The van der Waals surface area contributed by atoms with Crippen LogP contribution in [0, 0.1) is 26.6 Å². The average Bonchev–Trinajstić information content (AvgIpc) is 2.97. The predicted molar refractivity (Wildman–Crippen MR) is 120 cm³/mol. The molecule has 0 atom stereocenters. The van der Waals surface area contributed by atoms with Crippen molar-refractivity contribution in [3.63, 3.8) is 0 Å². The van der Waals surface area contributed by atoms with E-state index in [9.17, 15) is 9.18 Å². The fraction of sp³-hybridized carbons (Fsp3) is 0.304. The Hall–Kier alpha value is -2.57. The molecule has 0 unspecified atom stereocenters. The summed E-state index contributed by atoms with van der Waals surface area (Å²) in [7, 11) is 0. The molecule has 1 aromatic heterocycles. The van der Waals surface area contributed by atoms with Gasteiger partial charge in [-0.05, 0) is 62.2 Å². The van der Waals surface area contributed by atoms with E-state index in [0.29, 0.717) is 23.7 Å². The van der Waals surface area contributed by atoms with Crippen molar-refractivity contribution in [3.05, 3.63) is 80.3 Å². The summed E-state index contributed by atoms with van der Waals surface area (Å²) >= 11 is 12.1. The van der Waals surface area contributed by atoms with Crippen molar-refractivity contribution >= 4 is 29.1 Å². The summed E-state index contributed by atoms with van der Waals surface area (Å²) in [5, 5.41) is 8.36. The number of rotatable bonds is 8. The zero-order chi connectivity index (χ0) is 22.5. The van der Waals surface area contributed by atoms with Crippen LogP contribution in [0.25, 0.3) is 0 Å². The number of hydrogen-bond donors (Lipinski definition) is 1. The van der Waals surface area contributed by atoms with Crippen LogP contribution in [0.3, 0.4) is 0 Å². The number of hydrogen-bond acceptors (Lipinski definition) is 3. The molecule has 0 spiro atoms. The minimum Gasteiger partial charge on any atom is -0.492 e. The molecule has 0 saturated heterocycles. The molecule has 0 radical (unpaired) electrons. The van der Waals surface area contributed by atoms with Crippen molar-refractivity contribution in [3.8, 4) is 5.75 Å². The number of carbonyl (C=O) groups excluding carboxylic acids is 1. The maximum atomic E-state index is 13.1. The molecule has 3 aromatic rings. The second-order valence-corrected chi connectivity index (χ2v) is 8.14. The Morgan fingerprint density at radius 2 is 1.90 bits per heavy atom. The van der Waals surface area contributed by atoms with E-state index in [-0.39, 0.29) is 23.9 Å². The Kier molecular flexibility index (Phi) is 7.57. The maximum Gasteiger partial charge on any atom is 0.224 e. The topological polar surface area (TPSA) is 56.2 Å². The number of ether oxygens (including phenoxy) is 1. The number of nitrogens with zero attached hydrogens (tertiary/aromatic N) is 2. The lowest BCUT2D eigenvalue weighted by atomic mass is 10.1. The number of benzene rings is 2. The molecule has 5 nitrogen and oxygen atoms in total. The first kappa shape index (κ1) is 23.1. The molecule has 3 rings (SSSR count). The highest BCUT2D eigenvalue weighted by Crippen LogP contribution is 2.21. The molecule has 0 fully saturated rings. The Balaban J connectivity index is 1.56. The minimum absolute atomic E-state index is 0.154. The van der Waals surface area contributed by atoms with E-state index < -0.39 is 5.82 Å². The Morgan fingerprint density at radius 3 is 2.61 bits per heavy atom. The largest absolute Gasteiger partial charge is 0.492 e. The standard InChI is InChI=1S/C23H24Cl2FN3O2/c1-14-10-19(6-7-21(14)24)31-9-8-29-16(3)20(15(2)28-29)12-23(30)27-13-17-4-5-18(26)11-22(17)25/h4-7,10-11H,8-9,12-13H2,1-3H3,(H,27,30). The number of nitrogens with one attached hydrogen (secondary N) is 1. The lowest BCUT2D eigenvalue weighted by Crippen LogP contribution is -2.25. The number of amides is 1. The zero-order valence-corrected chi connectivity index (χ0v) is 19.1. The van der Waals surface area contributed by atoms with Gasteiger partial charge in [0.25, 0.3) is 0 Å². The fourth-order valence-electron chi connectivity index (χ4n) is 3.25. The van der Waals surface area contributed by atoms with Crippen LogP contribution >= 0.6 is 23.2 Å². The van der Waals surface area contributed by atoms with Crippen molar-refractivity contribution in [2.45, 2.75) is 40.3 Å². The lowest BCUT2D eigenvalue weighted by molar-refractivity contribution is -0.120. The third-order valence-corrected chi connectivity index (χ3v) is 5.84. The summed E-state index contributed by atoms with van der Waals surface area (Å²) in [6.45, 7) is 6.98. The third kappa shape index (κ3) is 5.99. The molecule has 1 heterocycles. The smallest absolute Gasteiger partial charge is 0.224 e. The maximum absolute atomic E-state index is 13.1. The van der Waals surface area contributed by atoms with Crippen molar-refractivity contribution in [1.82, 2.24) is 15.1 Å². The fourth-order valence-corrected chi connectivity index (χ4v) is 3.60. The van der Waals surface area contributed by atoms with Gasteiger partial charge in [0, 0.05) is 27.8 Å². The zero-order valence-electron chi connectivity index (χ0n) is 17.6. The molecule has 2 aromatic carbocycles. The van der Waals surface area contributed by atoms with Crippen LogP contribution in [0.1, 0.15) is 28.1 Å². The van der Waals surface area contributed by atoms with Crippen LogP contribution in [0.15, 0.2) is 36.4 Å². The highest BCUT2D eigenvalue weighted by atomic mass is 35.5.